The summed E-state index contributed by atoms with van der Waals surface area (Å²) in [5.74, 6) is 7.17. The van der Waals surface area contributed by atoms with E-state index in [1.54, 1.807) is 0 Å². The lowest BCUT2D eigenvalue weighted by Gasteiger charge is -1.92. The molecule has 0 spiro atoms. The number of halogens is 1. The van der Waals surface area contributed by atoms with Gasteiger partial charge in [0.05, 0.1) is 0 Å². The summed E-state index contributed by atoms with van der Waals surface area (Å²) in [6.07, 6.45) is 2.60. The van der Waals surface area contributed by atoms with Crippen molar-refractivity contribution in [1.82, 2.24) is 0 Å². The van der Waals surface area contributed by atoms with Crippen molar-refractivity contribution in [3.8, 4) is 11.8 Å². The summed E-state index contributed by atoms with van der Waals surface area (Å²) in [7, 11) is 0. The minimum atomic E-state index is 0.695. The molecular formula is C11H9I. The molecule has 1 saturated carbocycles. The van der Waals surface area contributed by atoms with Gasteiger partial charge in [0.2, 0.25) is 0 Å². The SMILES string of the molecule is Ic1ccccc1C#CC1CC1. The molecule has 1 fully saturated rings. The van der Waals surface area contributed by atoms with Gasteiger partial charge in [0.25, 0.3) is 0 Å². The Morgan fingerprint density at radius 3 is 2.67 bits per heavy atom. The molecule has 0 saturated heterocycles. The highest BCUT2D eigenvalue weighted by atomic mass is 127. The van der Waals surface area contributed by atoms with Crippen LogP contribution in [0.15, 0.2) is 24.3 Å². The monoisotopic (exact) mass is 268 g/mol. The van der Waals surface area contributed by atoms with Crippen LogP contribution in [0.1, 0.15) is 18.4 Å². The molecule has 0 heterocycles. The smallest absolute Gasteiger partial charge is 0.0378 e. The van der Waals surface area contributed by atoms with Gasteiger partial charge in [-0.1, -0.05) is 24.0 Å². The largest absolute Gasteiger partial charge is 0.0944 e. The highest BCUT2D eigenvalue weighted by Gasteiger charge is 2.17. The van der Waals surface area contributed by atoms with Gasteiger partial charge < -0.3 is 0 Å². The molecule has 0 nitrogen and oxygen atoms in total. The molecule has 12 heavy (non-hydrogen) atoms. The van der Waals surface area contributed by atoms with Gasteiger partial charge in [0, 0.05) is 15.1 Å². The third kappa shape index (κ3) is 2.01. The van der Waals surface area contributed by atoms with Crippen molar-refractivity contribution in [2.45, 2.75) is 12.8 Å². The zero-order chi connectivity index (χ0) is 8.39. The molecule has 1 aliphatic rings. The van der Waals surface area contributed by atoms with E-state index < -0.39 is 0 Å². The molecule has 0 N–H and O–H groups in total. The van der Waals surface area contributed by atoms with Crippen LogP contribution in [-0.4, -0.2) is 0 Å². The standard InChI is InChI=1S/C11H9I/c12-11-4-2-1-3-10(11)8-7-9-5-6-9/h1-4,9H,5-6H2. The van der Waals surface area contributed by atoms with Crippen molar-refractivity contribution in [3.05, 3.63) is 33.4 Å². The zero-order valence-electron chi connectivity index (χ0n) is 6.68. The summed E-state index contributed by atoms with van der Waals surface area (Å²) < 4.78 is 1.25. The molecule has 0 amide bonds. The maximum atomic E-state index is 3.26. The second-order valence-corrected chi connectivity index (χ2v) is 4.19. The Morgan fingerprint density at radius 2 is 2.00 bits per heavy atom. The normalized spacial score (nSPS) is 15.1. The molecule has 0 aromatic heterocycles. The fourth-order valence-electron chi connectivity index (χ4n) is 0.970. The molecule has 2 rings (SSSR count). The summed E-state index contributed by atoms with van der Waals surface area (Å²) in [5, 5.41) is 0. The molecular weight excluding hydrogens is 259 g/mol. The van der Waals surface area contributed by atoms with E-state index in [9.17, 15) is 0 Å². The fourth-order valence-corrected chi connectivity index (χ4v) is 1.49. The summed E-state index contributed by atoms with van der Waals surface area (Å²) in [6, 6.07) is 8.26. The molecule has 1 aromatic rings. The van der Waals surface area contributed by atoms with Crippen molar-refractivity contribution in [2.24, 2.45) is 5.92 Å². The second-order valence-electron chi connectivity index (χ2n) is 3.02. The first-order valence-corrected chi connectivity index (χ1v) is 5.20. The van der Waals surface area contributed by atoms with Crippen LogP contribution in [0, 0.1) is 21.3 Å². The Bertz CT molecular complexity index is 340. The Labute approximate surface area is 86.5 Å². The molecule has 0 radical (unpaired) electrons. The number of hydrogen-bond acceptors (Lipinski definition) is 0. The van der Waals surface area contributed by atoms with E-state index in [0.29, 0.717) is 5.92 Å². The van der Waals surface area contributed by atoms with Gasteiger partial charge in [0.1, 0.15) is 0 Å². The lowest BCUT2D eigenvalue weighted by atomic mass is 10.2. The Kier molecular flexibility index (Phi) is 2.36. The quantitative estimate of drug-likeness (QED) is 0.501. The predicted molar refractivity (Wildman–Crippen MR) is 58.8 cm³/mol. The first-order valence-electron chi connectivity index (χ1n) is 4.12. The molecule has 0 atom stereocenters. The van der Waals surface area contributed by atoms with Crippen molar-refractivity contribution in [2.75, 3.05) is 0 Å². The Hall–Kier alpha value is -0.490. The van der Waals surface area contributed by atoms with Crippen LogP contribution in [0.3, 0.4) is 0 Å². The number of hydrogen-bond donors (Lipinski definition) is 0. The highest BCUT2D eigenvalue weighted by Crippen LogP contribution is 2.27. The molecule has 0 aliphatic heterocycles. The molecule has 1 aliphatic carbocycles. The predicted octanol–water partition coefficient (Wildman–Crippen LogP) is 3.05. The van der Waals surface area contributed by atoms with E-state index in [-0.39, 0.29) is 0 Å². The molecule has 1 heteroatoms. The minimum Gasteiger partial charge on any atom is -0.0944 e. The summed E-state index contributed by atoms with van der Waals surface area (Å²) in [5.41, 5.74) is 1.17. The minimum absolute atomic E-state index is 0.695. The van der Waals surface area contributed by atoms with Crippen LogP contribution in [0.5, 0.6) is 0 Å². The van der Waals surface area contributed by atoms with Gasteiger partial charge >= 0.3 is 0 Å². The summed E-state index contributed by atoms with van der Waals surface area (Å²) in [4.78, 5) is 0. The van der Waals surface area contributed by atoms with Gasteiger partial charge in [-0.15, -0.1) is 0 Å². The Morgan fingerprint density at radius 1 is 1.25 bits per heavy atom. The maximum Gasteiger partial charge on any atom is 0.0378 e. The topological polar surface area (TPSA) is 0 Å². The first-order chi connectivity index (χ1) is 5.86. The van der Waals surface area contributed by atoms with Crippen molar-refractivity contribution in [1.29, 1.82) is 0 Å². The van der Waals surface area contributed by atoms with E-state index in [2.05, 4.69) is 46.6 Å². The van der Waals surface area contributed by atoms with Gasteiger partial charge in [-0.25, -0.2) is 0 Å². The first kappa shape index (κ1) is 8.12. The van der Waals surface area contributed by atoms with Gasteiger partial charge in [-0.3, -0.25) is 0 Å². The van der Waals surface area contributed by atoms with Crippen LogP contribution in [0.2, 0.25) is 0 Å². The fraction of sp³-hybridized carbons (Fsp3) is 0.273. The highest BCUT2D eigenvalue weighted by molar-refractivity contribution is 14.1. The molecule has 60 valence electrons. The summed E-state index contributed by atoms with van der Waals surface area (Å²) in [6.45, 7) is 0. The Balaban J connectivity index is 2.23. The van der Waals surface area contributed by atoms with E-state index in [4.69, 9.17) is 0 Å². The van der Waals surface area contributed by atoms with E-state index in [0.717, 1.165) is 0 Å². The van der Waals surface area contributed by atoms with E-state index in [1.807, 2.05) is 12.1 Å². The van der Waals surface area contributed by atoms with Crippen LogP contribution in [0.25, 0.3) is 0 Å². The van der Waals surface area contributed by atoms with Gasteiger partial charge in [0.15, 0.2) is 0 Å². The third-order valence-corrected chi connectivity index (χ3v) is 2.80. The third-order valence-electron chi connectivity index (χ3n) is 1.86. The summed E-state index contributed by atoms with van der Waals surface area (Å²) >= 11 is 2.33. The van der Waals surface area contributed by atoms with E-state index in [1.165, 1.54) is 22.0 Å². The average Bonchev–Trinajstić information content (AvgIpc) is 2.86. The van der Waals surface area contributed by atoms with Gasteiger partial charge in [-0.2, -0.15) is 0 Å². The van der Waals surface area contributed by atoms with Gasteiger partial charge in [-0.05, 0) is 47.6 Å². The number of benzene rings is 1. The van der Waals surface area contributed by atoms with Crippen LogP contribution < -0.4 is 0 Å². The van der Waals surface area contributed by atoms with E-state index >= 15 is 0 Å². The molecule has 0 unspecified atom stereocenters. The lowest BCUT2D eigenvalue weighted by Crippen LogP contribution is -1.79. The molecule has 0 bridgehead atoms. The lowest BCUT2D eigenvalue weighted by molar-refractivity contribution is 1.18. The molecule has 1 aromatic carbocycles. The number of rotatable bonds is 0. The zero-order valence-corrected chi connectivity index (χ0v) is 8.84. The van der Waals surface area contributed by atoms with Crippen molar-refractivity contribution < 1.29 is 0 Å². The second kappa shape index (κ2) is 3.49. The van der Waals surface area contributed by atoms with Crippen LogP contribution in [0.4, 0.5) is 0 Å². The van der Waals surface area contributed by atoms with Crippen molar-refractivity contribution >= 4 is 22.6 Å². The average molecular weight is 268 g/mol. The van der Waals surface area contributed by atoms with Crippen molar-refractivity contribution in [3.63, 3.8) is 0 Å². The van der Waals surface area contributed by atoms with Crippen LogP contribution >= 0.6 is 22.6 Å². The maximum absolute atomic E-state index is 3.26. The van der Waals surface area contributed by atoms with Crippen LogP contribution in [-0.2, 0) is 0 Å².